The van der Waals surface area contributed by atoms with Crippen LogP contribution in [-0.4, -0.2) is 57.0 Å². The van der Waals surface area contributed by atoms with E-state index in [0.29, 0.717) is 5.69 Å². The molecule has 2 rings (SSSR count). The van der Waals surface area contributed by atoms with Crippen molar-refractivity contribution in [1.29, 1.82) is 0 Å². The molecule has 0 radical (unpaired) electrons. The topological polar surface area (TPSA) is 86.8 Å². The second-order valence-electron chi connectivity index (χ2n) is 6.06. The Bertz CT molecular complexity index is 939. The Labute approximate surface area is 163 Å². The first-order chi connectivity index (χ1) is 12.6. The van der Waals surface area contributed by atoms with E-state index in [0.717, 1.165) is 21.0 Å². The highest BCUT2D eigenvalue weighted by molar-refractivity contribution is 8.13. The van der Waals surface area contributed by atoms with E-state index in [1.165, 1.54) is 37.2 Å². The molecule has 0 aromatic heterocycles. The Morgan fingerprint density at radius 3 is 2.15 bits per heavy atom. The normalized spacial score (nSPS) is 11.3. The van der Waals surface area contributed by atoms with E-state index >= 15 is 0 Å². The number of anilines is 1. The minimum absolute atomic E-state index is 0.0501. The van der Waals surface area contributed by atoms with Crippen molar-refractivity contribution in [2.75, 3.05) is 33.5 Å². The second kappa shape index (κ2) is 8.55. The minimum Gasteiger partial charge on any atom is -0.339 e. The number of carbonyl (C=O) groups excluding carboxylic acids is 2. The molecule has 27 heavy (non-hydrogen) atoms. The first kappa shape index (κ1) is 20.9. The van der Waals surface area contributed by atoms with Crippen molar-refractivity contribution in [1.82, 2.24) is 9.21 Å². The molecule has 0 aliphatic rings. The number of thioether (sulfide) groups is 1. The fraction of sp³-hybridized carbons (Fsp3) is 0.222. The van der Waals surface area contributed by atoms with Crippen molar-refractivity contribution >= 4 is 38.6 Å². The predicted octanol–water partition coefficient (Wildman–Crippen LogP) is 2.96. The lowest BCUT2D eigenvalue weighted by Crippen LogP contribution is -2.22. The Morgan fingerprint density at radius 2 is 1.59 bits per heavy atom. The van der Waals surface area contributed by atoms with E-state index in [1.807, 2.05) is 0 Å². The monoisotopic (exact) mass is 407 g/mol. The molecule has 1 N–H and O–H groups in total. The van der Waals surface area contributed by atoms with Crippen LogP contribution >= 0.6 is 11.8 Å². The number of hydrogen-bond acceptors (Lipinski definition) is 5. The lowest BCUT2D eigenvalue weighted by Gasteiger charge is -2.12. The third-order valence-corrected chi connectivity index (χ3v) is 6.42. The van der Waals surface area contributed by atoms with Crippen LogP contribution in [0.5, 0.6) is 0 Å². The average Bonchev–Trinajstić information content (AvgIpc) is 2.63. The molecule has 2 aromatic carbocycles. The van der Waals surface area contributed by atoms with Gasteiger partial charge in [-0.1, -0.05) is 6.07 Å². The molecule has 7 nitrogen and oxygen atoms in total. The van der Waals surface area contributed by atoms with Gasteiger partial charge in [-0.05, 0) is 54.2 Å². The molecular formula is C18H21N3O4S2. The standard InChI is InChI=1S/C18H21N3O4S2/c1-20(2)18(23)26-15-10-8-14(9-11-15)19-17(22)13-6-5-7-16(12-13)27(24,25)21(3)4/h5-12H,1-4H3,(H,19,22). The van der Waals surface area contributed by atoms with Gasteiger partial charge in [0.15, 0.2) is 0 Å². The highest BCUT2D eigenvalue weighted by atomic mass is 32.2. The van der Waals surface area contributed by atoms with Crippen molar-refractivity contribution in [2.24, 2.45) is 0 Å². The molecule has 0 unspecified atom stereocenters. The fourth-order valence-corrected chi connectivity index (χ4v) is 3.61. The number of benzene rings is 2. The number of carbonyl (C=O) groups is 2. The van der Waals surface area contributed by atoms with E-state index in [9.17, 15) is 18.0 Å². The zero-order chi connectivity index (χ0) is 20.2. The molecule has 2 amide bonds. The van der Waals surface area contributed by atoms with Crippen LogP contribution in [0.1, 0.15) is 10.4 Å². The van der Waals surface area contributed by atoms with Gasteiger partial charge in [0.2, 0.25) is 10.0 Å². The third-order valence-electron chi connectivity index (χ3n) is 3.56. The van der Waals surface area contributed by atoms with E-state index in [-0.39, 0.29) is 15.7 Å². The van der Waals surface area contributed by atoms with Gasteiger partial charge in [-0.25, -0.2) is 12.7 Å². The first-order valence-electron chi connectivity index (χ1n) is 7.94. The smallest absolute Gasteiger partial charge is 0.285 e. The van der Waals surface area contributed by atoms with Crippen LogP contribution in [0.25, 0.3) is 0 Å². The Balaban J connectivity index is 2.13. The van der Waals surface area contributed by atoms with Crippen LogP contribution < -0.4 is 5.32 Å². The highest BCUT2D eigenvalue weighted by Crippen LogP contribution is 2.23. The van der Waals surface area contributed by atoms with Crippen molar-refractivity contribution in [3.63, 3.8) is 0 Å². The zero-order valence-corrected chi connectivity index (χ0v) is 17.1. The maximum atomic E-state index is 12.4. The van der Waals surface area contributed by atoms with E-state index in [1.54, 1.807) is 44.4 Å². The molecule has 2 aromatic rings. The molecule has 0 aliphatic carbocycles. The summed E-state index contributed by atoms with van der Waals surface area (Å²) in [5.41, 5.74) is 0.779. The Hall–Kier alpha value is -2.36. The molecule has 0 bridgehead atoms. The quantitative estimate of drug-likeness (QED) is 0.770. The summed E-state index contributed by atoms with van der Waals surface area (Å²) in [5.74, 6) is -0.421. The number of rotatable bonds is 5. The third kappa shape index (κ3) is 5.31. The van der Waals surface area contributed by atoms with Gasteiger partial charge in [-0.3, -0.25) is 9.59 Å². The summed E-state index contributed by atoms with van der Waals surface area (Å²) in [6, 6.07) is 12.7. The van der Waals surface area contributed by atoms with Gasteiger partial charge in [0, 0.05) is 44.3 Å². The molecular weight excluding hydrogens is 386 g/mol. The molecule has 144 valence electrons. The lowest BCUT2D eigenvalue weighted by atomic mass is 10.2. The summed E-state index contributed by atoms with van der Waals surface area (Å²) in [7, 11) is 2.60. The van der Waals surface area contributed by atoms with Gasteiger partial charge in [0.25, 0.3) is 11.1 Å². The maximum absolute atomic E-state index is 12.4. The van der Waals surface area contributed by atoms with Gasteiger partial charge in [0.1, 0.15) is 0 Å². The van der Waals surface area contributed by atoms with Crippen molar-refractivity contribution in [3.8, 4) is 0 Å². The minimum atomic E-state index is -3.62. The molecule has 0 atom stereocenters. The molecule has 0 fully saturated rings. The van der Waals surface area contributed by atoms with Gasteiger partial charge >= 0.3 is 0 Å². The molecule has 0 heterocycles. The summed E-state index contributed by atoms with van der Waals surface area (Å²) in [6.45, 7) is 0. The number of sulfonamides is 1. The Kier molecular flexibility index (Phi) is 6.63. The van der Waals surface area contributed by atoms with Crippen LogP contribution in [0.4, 0.5) is 10.5 Å². The number of hydrogen-bond donors (Lipinski definition) is 1. The number of nitrogens with one attached hydrogen (secondary N) is 1. The summed E-state index contributed by atoms with van der Waals surface area (Å²) >= 11 is 1.09. The van der Waals surface area contributed by atoms with Crippen LogP contribution in [0.2, 0.25) is 0 Å². The number of amides is 2. The van der Waals surface area contributed by atoms with Gasteiger partial charge < -0.3 is 10.2 Å². The summed E-state index contributed by atoms with van der Waals surface area (Å²) in [5, 5.41) is 2.63. The SMILES string of the molecule is CN(C)C(=O)Sc1ccc(NC(=O)c2cccc(S(=O)(=O)N(C)C)c2)cc1. The largest absolute Gasteiger partial charge is 0.339 e. The van der Waals surface area contributed by atoms with Gasteiger partial charge in [-0.15, -0.1) is 0 Å². The summed E-state index contributed by atoms with van der Waals surface area (Å²) < 4.78 is 25.5. The van der Waals surface area contributed by atoms with Gasteiger partial charge in [0.05, 0.1) is 4.90 Å². The molecule has 0 saturated carbocycles. The number of nitrogens with zero attached hydrogens (tertiary/aromatic N) is 2. The van der Waals surface area contributed by atoms with Crippen molar-refractivity contribution in [2.45, 2.75) is 9.79 Å². The molecule has 0 saturated heterocycles. The zero-order valence-electron chi connectivity index (χ0n) is 15.5. The predicted molar refractivity (Wildman–Crippen MR) is 107 cm³/mol. The lowest BCUT2D eigenvalue weighted by molar-refractivity contribution is 0.102. The van der Waals surface area contributed by atoms with Crippen molar-refractivity contribution < 1.29 is 18.0 Å². The molecule has 0 spiro atoms. The van der Waals surface area contributed by atoms with Crippen molar-refractivity contribution in [3.05, 3.63) is 54.1 Å². The highest BCUT2D eigenvalue weighted by Gasteiger charge is 2.18. The molecule has 0 aliphatic heterocycles. The van der Waals surface area contributed by atoms with Crippen LogP contribution in [0.3, 0.4) is 0 Å². The summed E-state index contributed by atoms with van der Waals surface area (Å²) in [6.07, 6.45) is 0. The fourth-order valence-electron chi connectivity index (χ4n) is 2.01. The van der Waals surface area contributed by atoms with E-state index in [2.05, 4.69) is 5.32 Å². The van der Waals surface area contributed by atoms with E-state index < -0.39 is 15.9 Å². The average molecular weight is 408 g/mol. The maximum Gasteiger partial charge on any atom is 0.285 e. The van der Waals surface area contributed by atoms with E-state index in [4.69, 9.17) is 0 Å². The van der Waals surface area contributed by atoms with Crippen LogP contribution in [0.15, 0.2) is 58.3 Å². The molecule has 9 heteroatoms. The Morgan fingerprint density at radius 1 is 0.963 bits per heavy atom. The van der Waals surface area contributed by atoms with Crippen LogP contribution in [-0.2, 0) is 10.0 Å². The summed E-state index contributed by atoms with van der Waals surface area (Å²) in [4.78, 5) is 26.4. The van der Waals surface area contributed by atoms with Gasteiger partial charge in [-0.2, -0.15) is 0 Å². The second-order valence-corrected chi connectivity index (χ2v) is 9.23. The first-order valence-corrected chi connectivity index (χ1v) is 10.2. The van der Waals surface area contributed by atoms with Crippen LogP contribution in [0, 0.1) is 0 Å².